The van der Waals surface area contributed by atoms with Crippen molar-refractivity contribution in [3.8, 4) is 6.07 Å². The van der Waals surface area contributed by atoms with E-state index in [1.807, 2.05) is 16.7 Å². The number of aromatic nitrogens is 2. The molecule has 0 fully saturated rings. The maximum atomic E-state index is 13.8. The lowest BCUT2D eigenvalue weighted by molar-refractivity contribution is -0.384. The number of thiocarbonyl (C=S) groups is 1. The van der Waals surface area contributed by atoms with Gasteiger partial charge in [-0.3, -0.25) is 14.9 Å². The van der Waals surface area contributed by atoms with Gasteiger partial charge in [-0.2, -0.15) is 18.4 Å². The number of nitrogens with one attached hydrogen (secondary N) is 2. The minimum atomic E-state index is -4.60. The van der Waals surface area contributed by atoms with Crippen LogP contribution >= 0.6 is 12.2 Å². The maximum Gasteiger partial charge on any atom is 0.416 e. The average molecular weight is 650 g/mol. The van der Waals surface area contributed by atoms with E-state index in [1.54, 1.807) is 38.5 Å². The minimum absolute atomic E-state index is 0.0118. The van der Waals surface area contributed by atoms with Crippen molar-refractivity contribution in [2.24, 2.45) is 0 Å². The van der Waals surface area contributed by atoms with Gasteiger partial charge in [0.2, 0.25) is 5.91 Å². The van der Waals surface area contributed by atoms with Crippen LogP contribution in [0.25, 0.3) is 0 Å². The van der Waals surface area contributed by atoms with Crippen LogP contribution in [0.15, 0.2) is 85.3 Å². The lowest BCUT2D eigenvalue weighted by Crippen LogP contribution is -2.53. The number of nitrogens with zero attached hydrogens (tertiary/aromatic N) is 5. The molecule has 0 saturated heterocycles. The third-order valence-corrected chi connectivity index (χ3v) is 7.30. The average Bonchev–Trinajstić information content (AvgIpc) is 3.42. The van der Waals surface area contributed by atoms with Crippen molar-refractivity contribution in [1.82, 2.24) is 19.8 Å². The molecule has 4 aromatic rings. The number of carbonyl (C=O) groups is 1. The number of rotatable bonds is 11. The second-order valence-corrected chi connectivity index (χ2v) is 11.6. The Labute approximate surface area is 268 Å². The molecule has 0 unspecified atom stereocenters. The third kappa shape index (κ3) is 9.12. The molecular weight excluding hydrogens is 619 g/mol. The van der Waals surface area contributed by atoms with Gasteiger partial charge in [-0.05, 0) is 67.5 Å². The van der Waals surface area contributed by atoms with E-state index in [2.05, 4.69) is 21.7 Å². The van der Waals surface area contributed by atoms with E-state index in [1.165, 1.54) is 47.4 Å². The van der Waals surface area contributed by atoms with E-state index in [0.29, 0.717) is 23.5 Å². The summed E-state index contributed by atoms with van der Waals surface area (Å²) in [6.45, 7) is 3.69. The van der Waals surface area contributed by atoms with Crippen molar-refractivity contribution in [2.75, 3.05) is 11.9 Å². The molecule has 46 heavy (non-hydrogen) atoms. The molecule has 238 valence electrons. The van der Waals surface area contributed by atoms with Gasteiger partial charge in [-0.25, -0.2) is 4.98 Å². The molecule has 14 heteroatoms. The molecule has 4 rings (SSSR count). The van der Waals surface area contributed by atoms with Crippen LogP contribution in [0.4, 0.5) is 24.5 Å². The molecule has 0 bridgehead atoms. The molecule has 0 aliphatic carbocycles. The van der Waals surface area contributed by atoms with Crippen LogP contribution in [0.3, 0.4) is 0 Å². The SMILES string of the molecule is CC(C)(CN(Cc1ccccc1C(F)(F)F)C(=S)Nc1ccc([N+](=O)[O-])cc1)NC(=O)Cc1cncn1Cc1ccc(C#N)cc1. The maximum absolute atomic E-state index is 13.8. The van der Waals surface area contributed by atoms with Gasteiger partial charge in [-0.15, -0.1) is 0 Å². The summed E-state index contributed by atoms with van der Waals surface area (Å²) in [6.07, 6.45) is -1.42. The number of halogens is 3. The highest BCUT2D eigenvalue weighted by Gasteiger charge is 2.34. The highest BCUT2D eigenvalue weighted by atomic mass is 32.1. The monoisotopic (exact) mass is 649 g/mol. The summed E-state index contributed by atoms with van der Waals surface area (Å²) in [5.74, 6) is -0.337. The number of amides is 1. The van der Waals surface area contributed by atoms with Gasteiger partial charge in [0.25, 0.3) is 5.69 Å². The van der Waals surface area contributed by atoms with Gasteiger partial charge in [0.1, 0.15) is 0 Å². The van der Waals surface area contributed by atoms with Gasteiger partial charge < -0.3 is 20.1 Å². The fraction of sp³-hybridized carbons (Fsp3) is 0.250. The molecule has 3 aromatic carbocycles. The smallest absolute Gasteiger partial charge is 0.349 e. The summed E-state index contributed by atoms with van der Waals surface area (Å²) in [5.41, 5.74) is 0.578. The molecule has 0 aliphatic heterocycles. The number of nitriles is 1. The Morgan fingerprint density at radius 3 is 2.39 bits per heavy atom. The molecular formula is C32H30F3N7O3S. The van der Waals surface area contributed by atoms with E-state index in [9.17, 15) is 28.1 Å². The molecule has 2 N–H and O–H groups in total. The van der Waals surface area contributed by atoms with Crippen molar-refractivity contribution in [1.29, 1.82) is 5.26 Å². The van der Waals surface area contributed by atoms with Crippen LogP contribution in [0.5, 0.6) is 0 Å². The predicted molar refractivity (Wildman–Crippen MR) is 170 cm³/mol. The number of non-ortho nitro benzene ring substituents is 1. The standard InChI is InChI=1S/C32H30F3N7O3S/c1-31(2,39-29(43)15-27-17-37-21-41(27)18-23-9-7-22(16-36)8-10-23)20-40(19-24-5-3-4-6-28(24)32(33,34)35)30(46)38-25-11-13-26(14-12-25)42(44)45/h3-14,17,21H,15,18-20H2,1-2H3,(H,38,46)(H,39,43). The Hall–Kier alpha value is -5.29. The highest BCUT2D eigenvalue weighted by molar-refractivity contribution is 7.80. The van der Waals surface area contributed by atoms with E-state index < -0.39 is 22.2 Å². The molecule has 1 aromatic heterocycles. The van der Waals surface area contributed by atoms with Gasteiger partial charge in [-0.1, -0.05) is 30.3 Å². The molecule has 1 amide bonds. The number of imidazole rings is 1. The van der Waals surface area contributed by atoms with Crippen LogP contribution in [0, 0.1) is 21.4 Å². The van der Waals surface area contributed by atoms with Gasteiger partial charge >= 0.3 is 6.18 Å². The number of hydrogen-bond acceptors (Lipinski definition) is 6. The molecule has 0 saturated carbocycles. The largest absolute Gasteiger partial charge is 0.416 e. The molecule has 0 atom stereocenters. The summed E-state index contributed by atoms with van der Waals surface area (Å²) in [7, 11) is 0. The van der Waals surface area contributed by atoms with Crippen molar-refractivity contribution in [2.45, 2.75) is 45.1 Å². The Bertz CT molecular complexity index is 1750. The summed E-state index contributed by atoms with van der Waals surface area (Å²) >= 11 is 5.61. The van der Waals surface area contributed by atoms with E-state index in [4.69, 9.17) is 17.5 Å². The second-order valence-electron chi connectivity index (χ2n) is 11.2. The number of benzene rings is 3. The molecule has 0 radical (unpaired) electrons. The van der Waals surface area contributed by atoms with Crippen molar-refractivity contribution in [3.05, 3.63) is 123 Å². The van der Waals surface area contributed by atoms with Crippen LogP contribution in [0.1, 0.15) is 41.8 Å². The Morgan fingerprint density at radius 1 is 1.09 bits per heavy atom. The Morgan fingerprint density at radius 2 is 1.76 bits per heavy atom. The second kappa shape index (κ2) is 14.2. The lowest BCUT2D eigenvalue weighted by Gasteiger charge is -2.35. The zero-order chi connectivity index (χ0) is 33.5. The van der Waals surface area contributed by atoms with Gasteiger partial charge in [0.05, 0.1) is 40.4 Å². The van der Waals surface area contributed by atoms with Gasteiger partial charge in [0.15, 0.2) is 5.11 Å². The third-order valence-electron chi connectivity index (χ3n) is 6.94. The first kappa shape index (κ1) is 33.6. The molecule has 0 aliphatic rings. The molecule has 1 heterocycles. The first-order valence-electron chi connectivity index (χ1n) is 14.0. The zero-order valence-corrected chi connectivity index (χ0v) is 25.7. The van der Waals surface area contributed by atoms with E-state index in [-0.39, 0.29) is 41.8 Å². The van der Waals surface area contributed by atoms with Crippen molar-refractivity contribution < 1.29 is 22.9 Å². The fourth-order valence-electron chi connectivity index (χ4n) is 4.83. The number of nitro benzene ring substituents is 1. The quantitative estimate of drug-likeness (QED) is 0.114. The number of carbonyl (C=O) groups excluding carboxylic acids is 1. The van der Waals surface area contributed by atoms with Crippen molar-refractivity contribution >= 4 is 34.6 Å². The fourth-order valence-corrected chi connectivity index (χ4v) is 5.08. The zero-order valence-electron chi connectivity index (χ0n) is 24.9. The van der Waals surface area contributed by atoms with Crippen LogP contribution < -0.4 is 10.6 Å². The number of hydrogen-bond donors (Lipinski definition) is 2. The summed E-state index contributed by atoms with van der Waals surface area (Å²) in [5, 5.41) is 26.0. The van der Waals surface area contributed by atoms with Crippen LogP contribution in [-0.4, -0.2) is 42.5 Å². The number of anilines is 1. The highest BCUT2D eigenvalue weighted by Crippen LogP contribution is 2.32. The normalized spacial score (nSPS) is 11.4. The molecule has 0 spiro atoms. The molecule has 10 nitrogen and oxygen atoms in total. The minimum Gasteiger partial charge on any atom is -0.349 e. The van der Waals surface area contributed by atoms with Crippen LogP contribution in [0.2, 0.25) is 0 Å². The number of alkyl halides is 3. The van der Waals surface area contributed by atoms with Gasteiger partial charge in [0, 0.05) is 49.3 Å². The lowest BCUT2D eigenvalue weighted by atomic mass is 10.0. The topological polar surface area (TPSA) is 129 Å². The van der Waals surface area contributed by atoms with Crippen molar-refractivity contribution in [3.63, 3.8) is 0 Å². The first-order chi connectivity index (χ1) is 21.7. The van der Waals surface area contributed by atoms with Crippen LogP contribution in [-0.2, 0) is 30.5 Å². The Kier molecular flexibility index (Phi) is 10.4. The Balaban J connectivity index is 1.50. The summed E-state index contributed by atoms with van der Waals surface area (Å²) < 4.78 is 43.4. The first-order valence-corrected chi connectivity index (χ1v) is 14.4. The summed E-state index contributed by atoms with van der Waals surface area (Å²) in [6, 6.07) is 19.8. The predicted octanol–water partition coefficient (Wildman–Crippen LogP) is 6.07. The van der Waals surface area contributed by atoms with E-state index in [0.717, 1.165) is 11.6 Å². The number of nitro groups is 1. The van der Waals surface area contributed by atoms with E-state index >= 15 is 0 Å². The summed E-state index contributed by atoms with van der Waals surface area (Å²) in [4.78, 5) is 29.4.